The van der Waals surface area contributed by atoms with Gasteiger partial charge in [-0.1, -0.05) is 48.5 Å². The first kappa shape index (κ1) is 23.7. The molecule has 7 nitrogen and oxygen atoms in total. The van der Waals surface area contributed by atoms with E-state index in [0.717, 1.165) is 12.1 Å². The van der Waals surface area contributed by atoms with E-state index in [9.17, 15) is 32.3 Å². The predicted molar refractivity (Wildman–Crippen MR) is 115 cm³/mol. The number of ether oxygens (including phenoxy) is 2. The molecule has 2 amide bonds. The summed E-state index contributed by atoms with van der Waals surface area (Å²) in [5, 5.41) is 0. The van der Waals surface area contributed by atoms with Gasteiger partial charge in [0.05, 0.1) is 22.4 Å². The van der Waals surface area contributed by atoms with Crippen LogP contribution in [0.1, 0.15) is 26.3 Å². The largest absolute Gasteiger partial charge is 0.444 e. The van der Waals surface area contributed by atoms with Gasteiger partial charge in [-0.2, -0.15) is 13.2 Å². The van der Waals surface area contributed by atoms with Gasteiger partial charge in [-0.05, 0) is 36.4 Å². The molecule has 0 aliphatic carbocycles. The normalized spacial score (nSPS) is 17.9. The lowest BCUT2D eigenvalue weighted by atomic mass is 10.1. The smallest absolute Gasteiger partial charge is 0.418 e. The number of benzene rings is 3. The summed E-state index contributed by atoms with van der Waals surface area (Å²) in [5.41, 5.74) is -1.98. The molecule has 4 rings (SSSR count). The zero-order valence-electron chi connectivity index (χ0n) is 17.8. The summed E-state index contributed by atoms with van der Waals surface area (Å²) in [4.78, 5) is 51.7. The van der Waals surface area contributed by atoms with Crippen molar-refractivity contribution in [3.63, 3.8) is 0 Å². The number of alkyl halides is 3. The Morgan fingerprint density at radius 2 is 1.06 bits per heavy atom. The molecule has 0 aromatic heterocycles. The van der Waals surface area contributed by atoms with Crippen LogP contribution in [0.5, 0.6) is 0 Å². The first-order valence-electron chi connectivity index (χ1n) is 10.2. The summed E-state index contributed by atoms with van der Waals surface area (Å²) in [6.07, 6.45) is -8.89. The van der Waals surface area contributed by atoms with Crippen LogP contribution in [0, 0.1) is 0 Å². The highest BCUT2D eigenvalue weighted by Gasteiger charge is 2.55. The van der Waals surface area contributed by atoms with E-state index in [1.54, 1.807) is 12.1 Å². The van der Waals surface area contributed by atoms with Crippen molar-refractivity contribution in [1.82, 2.24) is 0 Å². The van der Waals surface area contributed by atoms with Gasteiger partial charge in [-0.15, -0.1) is 0 Å². The standard InChI is InChI=1S/C25H16F3NO6/c26-25(27,28)17-13-7-8-14-18(17)29-21(30)19(34-23(32)15-9-3-1-4-10-15)20(22(29)31)35-24(33)16-11-5-2-6-12-16/h1-14,19-20H/t19-,20-/m0/s1. The first-order valence-corrected chi connectivity index (χ1v) is 10.2. The Bertz CT molecular complexity index is 1210. The monoisotopic (exact) mass is 483 g/mol. The van der Waals surface area contributed by atoms with Gasteiger partial charge in [-0.25, -0.2) is 14.5 Å². The lowest BCUT2D eigenvalue weighted by molar-refractivity contribution is -0.137. The molecule has 10 heteroatoms. The van der Waals surface area contributed by atoms with Gasteiger partial charge in [0, 0.05) is 0 Å². The van der Waals surface area contributed by atoms with Crippen molar-refractivity contribution in [2.24, 2.45) is 0 Å². The summed E-state index contributed by atoms with van der Waals surface area (Å²) in [7, 11) is 0. The highest BCUT2D eigenvalue weighted by atomic mass is 19.4. The average molecular weight is 483 g/mol. The molecule has 0 unspecified atom stereocenters. The van der Waals surface area contributed by atoms with E-state index in [0.29, 0.717) is 6.07 Å². The maximum absolute atomic E-state index is 13.6. The Morgan fingerprint density at radius 1 is 0.657 bits per heavy atom. The van der Waals surface area contributed by atoms with Crippen molar-refractivity contribution in [3.8, 4) is 0 Å². The molecule has 0 bridgehead atoms. The van der Waals surface area contributed by atoms with Crippen molar-refractivity contribution < 1.29 is 41.8 Å². The molecule has 35 heavy (non-hydrogen) atoms. The minimum atomic E-state index is -4.90. The lowest BCUT2D eigenvalue weighted by Gasteiger charge is -2.19. The van der Waals surface area contributed by atoms with Crippen molar-refractivity contribution in [3.05, 3.63) is 102 Å². The van der Waals surface area contributed by atoms with Crippen LogP contribution in [0.25, 0.3) is 0 Å². The molecule has 2 atom stereocenters. The summed E-state index contributed by atoms with van der Waals surface area (Å²) < 4.78 is 51.2. The fourth-order valence-corrected chi connectivity index (χ4v) is 3.51. The Morgan fingerprint density at radius 3 is 1.49 bits per heavy atom. The van der Waals surface area contributed by atoms with Gasteiger partial charge < -0.3 is 9.47 Å². The predicted octanol–water partition coefficient (Wildman–Crippen LogP) is 4.03. The van der Waals surface area contributed by atoms with Crippen LogP contribution >= 0.6 is 0 Å². The number of amides is 2. The van der Waals surface area contributed by atoms with E-state index >= 15 is 0 Å². The Labute approximate surface area is 196 Å². The van der Waals surface area contributed by atoms with Crippen LogP contribution in [-0.2, 0) is 25.2 Å². The third-order valence-electron chi connectivity index (χ3n) is 5.14. The van der Waals surface area contributed by atoms with Crippen LogP contribution < -0.4 is 4.90 Å². The van der Waals surface area contributed by atoms with Gasteiger partial charge in [0.2, 0.25) is 12.2 Å². The van der Waals surface area contributed by atoms with Crippen LogP contribution in [0.2, 0.25) is 0 Å². The number of hydrogen-bond acceptors (Lipinski definition) is 6. The van der Waals surface area contributed by atoms with Gasteiger partial charge >= 0.3 is 18.1 Å². The van der Waals surface area contributed by atoms with Crippen LogP contribution in [0.4, 0.5) is 18.9 Å². The van der Waals surface area contributed by atoms with Gasteiger partial charge in [-0.3, -0.25) is 9.59 Å². The molecule has 1 fully saturated rings. The summed E-state index contributed by atoms with van der Waals surface area (Å²) in [6.45, 7) is 0. The van der Waals surface area contributed by atoms with Crippen molar-refractivity contribution in [2.75, 3.05) is 4.90 Å². The number of halogens is 3. The maximum atomic E-state index is 13.6. The third-order valence-corrected chi connectivity index (χ3v) is 5.14. The maximum Gasteiger partial charge on any atom is 0.418 e. The Balaban J connectivity index is 1.72. The summed E-state index contributed by atoms with van der Waals surface area (Å²) in [5.74, 6) is -4.60. The van der Waals surface area contributed by atoms with Crippen molar-refractivity contribution in [1.29, 1.82) is 0 Å². The zero-order valence-corrected chi connectivity index (χ0v) is 17.8. The molecule has 0 radical (unpaired) electrons. The molecule has 0 N–H and O–H groups in total. The second-order valence-corrected chi connectivity index (χ2v) is 7.41. The Kier molecular flexibility index (Phi) is 6.37. The zero-order chi connectivity index (χ0) is 25.2. The molecule has 1 heterocycles. The van der Waals surface area contributed by atoms with Gasteiger partial charge in [0.1, 0.15) is 0 Å². The van der Waals surface area contributed by atoms with E-state index in [4.69, 9.17) is 9.47 Å². The number of para-hydroxylation sites is 1. The number of esters is 2. The fraction of sp³-hybridized carbons (Fsp3) is 0.120. The van der Waals surface area contributed by atoms with E-state index < -0.39 is 53.4 Å². The van der Waals surface area contributed by atoms with E-state index in [1.807, 2.05) is 0 Å². The van der Waals surface area contributed by atoms with E-state index in [1.165, 1.54) is 54.6 Å². The molecule has 1 saturated heterocycles. The van der Waals surface area contributed by atoms with Crippen LogP contribution in [-0.4, -0.2) is 36.0 Å². The summed E-state index contributed by atoms with van der Waals surface area (Å²) >= 11 is 0. The lowest BCUT2D eigenvalue weighted by Crippen LogP contribution is -2.37. The number of carbonyl (C=O) groups is 4. The topological polar surface area (TPSA) is 90.0 Å². The van der Waals surface area contributed by atoms with Crippen molar-refractivity contribution in [2.45, 2.75) is 18.4 Å². The molecule has 1 aliphatic rings. The molecular formula is C25H16F3NO6. The van der Waals surface area contributed by atoms with Crippen LogP contribution in [0.3, 0.4) is 0 Å². The van der Waals surface area contributed by atoms with E-state index in [2.05, 4.69) is 0 Å². The second-order valence-electron chi connectivity index (χ2n) is 7.41. The highest BCUT2D eigenvalue weighted by Crippen LogP contribution is 2.39. The number of anilines is 1. The molecular weight excluding hydrogens is 467 g/mol. The highest BCUT2D eigenvalue weighted by molar-refractivity contribution is 6.25. The number of imide groups is 1. The Hall–Kier alpha value is -4.47. The molecule has 3 aromatic carbocycles. The van der Waals surface area contributed by atoms with Gasteiger partial charge in [0.25, 0.3) is 11.8 Å². The fourth-order valence-electron chi connectivity index (χ4n) is 3.51. The van der Waals surface area contributed by atoms with Crippen LogP contribution in [0.15, 0.2) is 84.9 Å². The minimum Gasteiger partial charge on any atom is -0.444 e. The first-order chi connectivity index (χ1) is 16.7. The minimum absolute atomic E-state index is 0.0232. The molecule has 0 saturated carbocycles. The molecule has 178 valence electrons. The number of rotatable bonds is 5. The summed E-state index contributed by atoms with van der Waals surface area (Å²) in [6, 6.07) is 18.8. The number of hydrogen-bond donors (Lipinski definition) is 0. The van der Waals surface area contributed by atoms with Crippen molar-refractivity contribution >= 4 is 29.4 Å². The quantitative estimate of drug-likeness (QED) is 0.402. The van der Waals surface area contributed by atoms with Gasteiger partial charge in [0.15, 0.2) is 0 Å². The molecule has 3 aromatic rings. The SMILES string of the molecule is O=C(O[C@@H]1C(=O)N(c2ccccc2C(F)(F)F)C(=O)[C@H]1OC(=O)c1ccccc1)c1ccccc1. The second kappa shape index (κ2) is 9.41. The number of nitrogens with zero attached hydrogens (tertiary/aromatic N) is 1. The number of carbonyl (C=O) groups excluding carboxylic acids is 4. The van der Waals surface area contributed by atoms with E-state index in [-0.39, 0.29) is 16.0 Å². The third kappa shape index (κ3) is 4.77. The molecule has 1 aliphatic heterocycles. The average Bonchev–Trinajstić information content (AvgIpc) is 3.08. The molecule has 0 spiro atoms.